The van der Waals surface area contributed by atoms with E-state index in [0.717, 1.165) is 34.4 Å². The van der Waals surface area contributed by atoms with E-state index in [1.165, 1.54) is 11.2 Å². The highest BCUT2D eigenvalue weighted by molar-refractivity contribution is 5.94. The van der Waals surface area contributed by atoms with Crippen molar-refractivity contribution in [1.82, 2.24) is 34.5 Å². The smallest absolute Gasteiger partial charge is 0.257 e. The molecular formula is C24H21F3N8O. The molecule has 1 saturated heterocycles. The Morgan fingerprint density at radius 3 is 2.69 bits per heavy atom. The quantitative estimate of drug-likeness (QED) is 0.413. The van der Waals surface area contributed by atoms with Gasteiger partial charge in [-0.15, -0.1) is 0 Å². The van der Waals surface area contributed by atoms with E-state index in [4.69, 9.17) is 0 Å². The van der Waals surface area contributed by atoms with Crippen LogP contribution in [-0.4, -0.2) is 73.2 Å². The summed E-state index contributed by atoms with van der Waals surface area (Å²) in [5.74, 6) is -5.16. The predicted octanol–water partition coefficient (Wildman–Crippen LogP) is 3.15. The summed E-state index contributed by atoms with van der Waals surface area (Å²) in [5.41, 5.74) is 1.76. The first kappa shape index (κ1) is 23.5. The number of aromatic amines is 1. The third-order valence-corrected chi connectivity index (χ3v) is 6.32. The van der Waals surface area contributed by atoms with Crippen molar-refractivity contribution in [2.45, 2.75) is 12.5 Å². The molecule has 0 radical (unpaired) electrons. The second-order valence-corrected chi connectivity index (χ2v) is 8.50. The van der Waals surface area contributed by atoms with Crippen LogP contribution in [-0.2, 0) is 0 Å². The van der Waals surface area contributed by atoms with Gasteiger partial charge in [-0.25, -0.2) is 23.1 Å². The van der Waals surface area contributed by atoms with Crippen LogP contribution < -0.4 is 0 Å². The van der Waals surface area contributed by atoms with E-state index < -0.39 is 28.9 Å². The number of fused-ring (bicyclic) bond motifs is 1. The standard InChI is InChI=1S/C24H21F3N8O/c25-19-2-1-17(20(26)21(19)27)24(36)34-9-7-33(8-10-34)13-16(3-5-28)35-12-15(11-32-35)22-18-4-6-29-23(18)31-14-30-22/h1-2,4,6,11-12,14,16H,3,7-10,13H2,(H,29,30,31). The van der Waals surface area contributed by atoms with Gasteiger partial charge in [-0.05, 0) is 18.2 Å². The van der Waals surface area contributed by atoms with Gasteiger partial charge in [-0.3, -0.25) is 14.4 Å². The van der Waals surface area contributed by atoms with Crippen LogP contribution in [0.5, 0.6) is 0 Å². The molecule has 1 fully saturated rings. The molecule has 36 heavy (non-hydrogen) atoms. The van der Waals surface area contributed by atoms with Gasteiger partial charge in [0.1, 0.15) is 12.0 Å². The number of nitriles is 1. The molecule has 4 heterocycles. The van der Waals surface area contributed by atoms with Crippen LogP contribution in [0.25, 0.3) is 22.3 Å². The normalized spacial score (nSPS) is 15.2. The minimum absolute atomic E-state index is 0.226. The van der Waals surface area contributed by atoms with Crippen molar-refractivity contribution in [3.8, 4) is 17.3 Å². The fraction of sp³-hybridized carbons (Fsp3) is 0.292. The predicted molar refractivity (Wildman–Crippen MR) is 123 cm³/mol. The Kier molecular flexibility index (Phi) is 6.39. The summed E-state index contributed by atoms with van der Waals surface area (Å²) >= 11 is 0. The van der Waals surface area contributed by atoms with Crippen LogP contribution in [0.4, 0.5) is 13.2 Å². The van der Waals surface area contributed by atoms with Gasteiger partial charge in [0.15, 0.2) is 17.5 Å². The highest BCUT2D eigenvalue weighted by atomic mass is 19.2. The molecular weight excluding hydrogens is 473 g/mol. The molecule has 1 atom stereocenters. The maximum absolute atomic E-state index is 14.1. The van der Waals surface area contributed by atoms with Gasteiger partial charge in [-0.1, -0.05) is 0 Å². The number of rotatable bonds is 6. The number of carbonyl (C=O) groups excluding carboxylic acids is 1. The Labute approximate surface area is 203 Å². The third kappa shape index (κ3) is 4.40. The van der Waals surface area contributed by atoms with Crippen LogP contribution >= 0.6 is 0 Å². The lowest BCUT2D eigenvalue weighted by Crippen LogP contribution is -2.50. The summed E-state index contributed by atoms with van der Waals surface area (Å²) in [6.45, 7) is 2.03. The summed E-state index contributed by atoms with van der Waals surface area (Å²) in [4.78, 5) is 27.8. The molecule has 1 amide bonds. The molecule has 0 bridgehead atoms. The van der Waals surface area contributed by atoms with Crippen molar-refractivity contribution in [1.29, 1.82) is 5.26 Å². The first-order chi connectivity index (χ1) is 17.5. The van der Waals surface area contributed by atoms with E-state index >= 15 is 0 Å². The molecule has 5 rings (SSSR count). The third-order valence-electron chi connectivity index (χ3n) is 6.32. The lowest BCUT2D eigenvalue weighted by Gasteiger charge is -2.36. The molecule has 1 N–H and O–H groups in total. The van der Waals surface area contributed by atoms with Crippen molar-refractivity contribution >= 4 is 16.9 Å². The molecule has 3 aromatic heterocycles. The minimum atomic E-state index is -1.66. The Morgan fingerprint density at radius 1 is 1.11 bits per heavy atom. The van der Waals surface area contributed by atoms with Crippen molar-refractivity contribution in [3.63, 3.8) is 0 Å². The molecule has 0 spiro atoms. The average Bonchev–Trinajstić information content (AvgIpc) is 3.57. The van der Waals surface area contributed by atoms with Crippen molar-refractivity contribution < 1.29 is 18.0 Å². The number of aromatic nitrogens is 5. The number of H-pyrrole nitrogens is 1. The van der Waals surface area contributed by atoms with Gasteiger partial charge in [0.25, 0.3) is 5.91 Å². The summed E-state index contributed by atoms with van der Waals surface area (Å²) in [6.07, 6.45) is 7.04. The zero-order valence-electron chi connectivity index (χ0n) is 19.0. The van der Waals surface area contributed by atoms with E-state index in [9.17, 15) is 23.2 Å². The number of halogens is 3. The van der Waals surface area contributed by atoms with E-state index in [2.05, 4.69) is 31.0 Å². The number of nitrogens with zero attached hydrogens (tertiary/aromatic N) is 7. The number of carbonyl (C=O) groups is 1. The molecule has 4 aromatic rings. The molecule has 1 unspecified atom stereocenters. The van der Waals surface area contributed by atoms with E-state index in [1.807, 2.05) is 12.3 Å². The molecule has 1 aromatic carbocycles. The highest BCUT2D eigenvalue weighted by Gasteiger charge is 2.28. The number of hydrogen-bond acceptors (Lipinski definition) is 6. The summed E-state index contributed by atoms with van der Waals surface area (Å²) in [7, 11) is 0. The monoisotopic (exact) mass is 494 g/mol. The van der Waals surface area contributed by atoms with Gasteiger partial charge < -0.3 is 9.88 Å². The minimum Gasteiger partial charge on any atom is -0.346 e. The lowest BCUT2D eigenvalue weighted by molar-refractivity contribution is 0.0611. The molecule has 1 aliphatic rings. The highest BCUT2D eigenvalue weighted by Crippen LogP contribution is 2.26. The van der Waals surface area contributed by atoms with Crippen molar-refractivity contribution in [2.75, 3.05) is 32.7 Å². The van der Waals surface area contributed by atoms with Gasteiger partial charge in [0.05, 0.1) is 36.0 Å². The number of amides is 1. The number of benzene rings is 1. The molecule has 0 saturated carbocycles. The molecule has 9 nitrogen and oxygen atoms in total. The Hall–Kier alpha value is -4.24. The summed E-state index contributed by atoms with van der Waals surface area (Å²) in [6, 6.07) is 5.56. The summed E-state index contributed by atoms with van der Waals surface area (Å²) < 4.78 is 42.6. The molecule has 12 heteroatoms. The lowest BCUT2D eigenvalue weighted by atomic mass is 10.1. The van der Waals surface area contributed by atoms with Crippen molar-refractivity contribution in [2.24, 2.45) is 0 Å². The second-order valence-electron chi connectivity index (χ2n) is 8.50. The fourth-order valence-corrected chi connectivity index (χ4v) is 4.40. The Morgan fingerprint density at radius 2 is 1.92 bits per heavy atom. The zero-order valence-corrected chi connectivity index (χ0v) is 19.0. The van der Waals surface area contributed by atoms with Crippen LogP contribution in [0.2, 0.25) is 0 Å². The van der Waals surface area contributed by atoms with Gasteiger partial charge in [-0.2, -0.15) is 10.4 Å². The topological polar surface area (TPSA) is 107 Å². The maximum Gasteiger partial charge on any atom is 0.257 e. The first-order valence-electron chi connectivity index (χ1n) is 11.3. The van der Waals surface area contributed by atoms with Gasteiger partial charge in [0, 0.05) is 56.1 Å². The van der Waals surface area contributed by atoms with E-state index in [1.54, 1.807) is 17.1 Å². The fourth-order valence-electron chi connectivity index (χ4n) is 4.40. The van der Waals surface area contributed by atoms with E-state index in [-0.39, 0.29) is 25.6 Å². The number of hydrogen-bond donors (Lipinski definition) is 1. The molecule has 1 aliphatic heterocycles. The Bertz CT molecular complexity index is 1450. The molecule has 184 valence electrons. The largest absolute Gasteiger partial charge is 0.346 e. The van der Waals surface area contributed by atoms with Crippen LogP contribution in [0.1, 0.15) is 22.8 Å². The van der Waals surface area contributed by atoms with E-state index in [0.29, 0.717) is 19.6 Å². The first-order valence-corrected chi connectivity index (χ1v) is 11.3. The van der Waals surface area contributed by atoms with Crippen LogP contribution in [0.15, 0.2) is 43.1 Å². The van der Waals surface area contributed by atoms with Crippen molar-refractivity contribution in [3.05, 3.63) is 66.1 Å². The zero-order chi connectivity index (χ0) is 25.2. The molecule has 0 aliphatic carbocycles. The second kappa shape index (κ2) is 9.79. The average molecular weight is 494 g/mol. The summed E-state index contributed by atoms with van der Waals surface area (Å²) in [5, 5.41) is 14.7. The van der Waals surface area contributed by atoms with Gasteiger partial charge in [0.2, 0.25) is 0 Å². The number of nitrogens with one attached hydrogen (secondary N) is 1. The van der Waals surface area contributed by atoms with Gasteiger partial charge >= 0.3 is 0 Å². The van der Waals surface area contributed by atoms with Crippen LogP contribution in [0, 0.1) is 28.8 Å². The maximum atomic E-state index is 14.1. The SMILES string of the molecule is N#CCC(CN1CCN(C(=O)c2ccc(F)c(F)c2F)CC1)n1cc(-c2ncnc3[nH]ccc23)cn1. The van der Waals surface area contributed by atoms with Crippen LogP contribution in [0.3, 0.4) is 0 Å². The Balaban J connectivity index is 1.26. The number of piperazine rings is 1.